The predicted octanol–water partition coefficient (Wildman–Crippen LogP) is 1.90. The van der Waals surface area contributed by atoms with Gasteiger partial charge in [-0.3, -0.25) is 9.59 Å². The van der Waals surface area contributed by atoms with Gasteiger partial charge >= 0.3 is 0 Å². The van der Waals surface area contributed by atoms with Gasteiger partial charge < -0.3 is 11.1 Å². The zero-order valence-electron chi connectivity index (χ0n) is 11.2. The van der Waals surface area contributed by atoms with E-state index in [0.717, 1.165) is 17.7 Å². The Bertz CT molecular complexity index is 552. The Morgan fingerprint density at radius 1 is 1.35 bits per heavy atom. The van der Waals surface area contributed by atoms with Crippen LogP contribution in [0.15, 0.2) is 29.8 Å². The highest BCUT2D eigenvalue weighted by Crippen LogP contribution is 2.10. The molecule has 1 atom stereocenters. The fraction of sp³-hybridized carbons (Fsp3) is 0.286. The molecular weight excluding hydrogens is 266 g/mol. The van der Waals surface area contributed by atoms with Crippen LogP contribution >= 0.6 is 0 Å². The van der Waals surface area contributed by atoms with Crippen molar-refractivity contribution in [3.8, 4) is 0 Å². The summed E-state index contributed by atoms with van der Waals surface area (Å²) in [6, 6.07) is 1.64. The number of halogens is 2. The largest absolute Gasteiger partial charge is 0.368 e. The molecule has 0 spiro atoms. The number of carbonyl (C=O) groups is 2. The van der Waals surface area contributed by atoms with Crippen molar-refractivity contribution in [1.29, 1.82) is 0 Å². The molecule has 0 radical (unpaired) electrons. The minimum atomic E-state index is -0.993. The molecule has 0 fully saturated rings. The number of nitrogens with one attached hydrogen (secondary N) is 1. The molecule has 0 aliphatic carbocycles. The molecule has 6 heteroatoms. The van der Waals surface area contributed by atoms with Crippen molar-refractivity contribution in [2.45, 2.75) is 26.3 Å². The standard InChI is InChI=1S/C14H16F2N2O2/c1-8(2)3-6-12(13(17)19)18-14(20)10-5-4-9(15)7-11(10)16/h3-5,7,12H,6H2,1-2H3,(H2,17,19)(H,18,20)/t12-/m0/s1. The molecule has 3 N–H and O–H groups in total. The van der Waals surface area contributed by atoms with Crippen LogP contribution in [0, 0.1) is 11.6 Å². The minimum Gasteiger partial charge on any atom is -0.368 e. The lowest BCUT2D eigenvalue weighted by atomic mass is 10.1. The molecule has 0 aliphatic rings. The Kier molecular flexibility index (Phi) is 5.37. The molecule has 0 heterocycles. The Labute approximate surface area is 115 Å². The van der Waals surface area contributed by atoms with Crippen LogP contribution in [0.1, 0.15) is 30.6 Å². The summed E-state index contributed by atoms with van der Waals surface area (Å²) < 4.78 is 26.2. The third kappa shape index (κ3) is 4.46. The number of allylic oxidation sites excluding steroid dienone is 1. The Morgan fingerprint density at radius 3 is 2.50 bits per heavy atom. The molecule has 4 nitrogen and oxygen atoms in total. The highest BCUT2D eigenvalue weighted by atomic mass is 19.1. The lowest BCUT2D eigenvalue weighted by Gasteiger charge is -2.14. The number of hydrogen-bond donors (Lipinski definition) is 2. The summed E-state index contributed by atoms with van der Waals surface area (Å²) in [5.74, 6) is -3.31. The number of primary amides is 1. The van der Waals surface area contributed by atoms with Gasteiger partial charge in [0.2, 0.25) is 5.91 Å². The van der Waals surface area contributed by atoms with Crippen LogP contribution in [0.5, 0.6) is 0 Å². The maximum absolute atomic E-state index is 13.4. The van der Waals surface area contributed by atoms with Crippen molar-refractivity contribution in [2.75, 3.05) is 0 Å². The molecule has 1 rings (SSSR count). The first kappa shape index (κ1) is 15.8. The van der Waals surface area contributed by atoms with Gasteiger partial charge in [-0.2, -0.15) is 0 Å². The van der Waals surface area contributed by atoms with E-state index in [1.807, 2.05) is 13.8 Å². The summed E-state index contributed by atoms with van der Waals surface area (Å²) in [6.45, 7) is 3.67. The minimum absolute atomic E-state index is 0.215. The number of benzene rings is 1. The summed E-state index contributed by atoms with van der Waals surface area (Å²) in [6.07, 6.45) is 1.95. The first-order chi connectivity index (χ1) is 9.31. The first-order valence-electron chi connectivity index (χ1n) is 6.00. The number of hydrogen-bond acceptors (Lipinski definition) is 2. The van der Waals surface area contributed by atoms with Crippen LogP contribution in [-0.2, 0) is 4.79 Å². The summed E-state index contributed by atoms with van der Waals surface area (Å²) in [5, 5.41) is 2.33. The Morgan fingerprint density at radius 2 is 2.00 bits per heavy atom. The lowest BCUT2D eigenvalue weighted by molar-refractivity contribution is -0.119. The predicted molar refractivity (Wildman–Crippen MR) is 70.9 cm³/mol. The van der Waals surface area contributed by atoms with Gasteiger partial charge in [0.1, 0.15) is 17.7 Å². The van der Waals surface area contributed by atoms with Crippen molar-refractivity contribution in [3.05, 3.63) is 47.0 Å². The van der Waals surface area contributed by atoms with E-state index in [0.29, 0.717) is 6.07 Å². The van der Waals surface area contributed by atoms with Crippen molar-refractivity contribution in [1.82, 2.24) is 5.32 Å². The highest BCUT2D eigenvalue weighted by molar-refractivity contribution is 5.97. The number of amides is 2. The van der Waals surface area contributed by atoms with Crippen LogP contribution in [0.2, 0.25) is 0 Å². The second kappa shape index (κ2) is 6.79. The molecule has 1 aromatic rings. The Hall–Kier alpha value is -2.24. The number of rotatable bonds is 5. The molecule has 2 amide bonds. The summed E-state index contributed by atoms with van der Waals surface area (Å²) >= 11 is 0. The van der Waals surface area contributed by atoms with Gasteiger partial charge in [0, 0.05) is 6.07 Å². The molecule has 0 unspecified atom stereocenters. The van der Waals surface area contributed by atoms with Crippen LogP contribution < -0.4 is 11.1 Å². The summed E-state index contributed by atoms with van der Waals surface area (Å²) in [4.78, 5) is 23.1. The van der Waals surface area contributed by atoms with Crippen LogP contribution in [0.25, 0.3) is 0 Å². The maximum Gasteiger partial charge on any atom is 0.254 e. The molecule has 0 saturated heterocycles. The third-order valence-corrected chi connectivity index (χ3v) is 2.59. The van der Waals surface area contributed by atoms with Crippen molar-refractivity contribution >= 4 is 11.8 Å². The second-order valence-corrected chi connectivity index (χ2v) is 4.57. The monoisotopic (exact) mass is 282 g/mol. The van der Waals surface area contributed by atoms with Gasteiger partial charge in [-0.1, -0.05) is 11.6 Å². The fourth-order valence-corrected chi connectivity index (χ4v) is 1.51. The average Bonchev–Trinajstić information content (AvgIpc) is 2.33. The Balaban J connectivity index is 2.85. The third-order valence-electron chi connectivity index (χ3n) is 2.59. The van der Waals surface area contributed by atoms with Crippen molar-refractivity contribution in [2.24, 2.45) is 5.73 Å². The zero-order chi connectivity index (χ0) is 15.3. The average molecular weight is 282 g/mol. The van der Waals surface area contributed by atoms with E-state index in [-0.39, 0.29) is 12.0 Å². The van der Waals surface area contributed by atoms with E-state index >= 15 is 0 Å². The van der Waals surface area contributed by atoms with E-state index in [2.05, 4.69) is 5.32 Å². The molecule has 108 valence electrons. The topological polar surface area (TPSA) is 72.2 Å². The fourth-order valence-electron chi connectivity index (χ4n) is 1.51. The van der Waals surface area contributed by atoms with Gasteiger partial charge in [-0.25, -0.2) is 8.78 Å². The van der Waals surface area contributed by atoms with E-state index in [4.69, 9.17) is 5.73 Å². The smallest absolute Gasteiger partial charge is 0.254 e. The number of carbonyl (C=O) groups excluding carboxylic acids is 2. The molecule has 0 saturated carbocycles. The second-order valence-electron chi connectivity index (χ2n) is 4.57. The SMILES string of the molecule is CC(C)=CC[C@H](NC(=O)c1ccc(F)cc1F)C(N)=O. The summed E-state index contributed by atoms with van der Waals surface area (Å²) in [7, 11) is 0. The van der Waals surface area contributed by atoms with Gasteiger partial charge in [0.25, 0.3) is 5.91 Å². The van der Waals surface area contributed by atoms with Crippen molar-refractivity contribution < 1.29 is 18.4 Å². The zero-order valence-corrected chi connectivity index (χ0v) is 11.2. The molecule has 0 bridgehead atoms. The van der Waals surface area contributed by atoms with Gasteiger partial charge in [-0.15, -0.1) is 0 Å². The molecule has 20 heavy (non-hydrogen) atoms. The van der Waals surface area contributed by atoms with E-state index < -0.39 is 29.5 Å². The quantitative estimate of drug-likeness (QED) is 0.810. The van der Waals surface area contributed by atoms with Crippen molar-refractivity contribution in [3.63, 3.8) is 0 Å². The molecule has 1 aromatic carbocycles. The highest BCUT2D eigenvalue weighted by Gasteiger charge is 2.20. The van der Waals surface area contributed by atoms with Crippen LogP contribution in [-0.4, -0.2) is 17.9 Å². The summed E-state index contributed by atoms with van der Waals surface area (Å²) in [5.41, 5.74) is 5.79. The molecule has 0 aromatic heterocycles. The van der Waals surface area contributed by atoms with Gasteiger partial charge in [0.05, 0.1) is 5.56 Å². The van der Waals surface area contributed by atoms with E-state index in [1.54, 1.807) is 6.08 Å². The number of nitrogens with two attached hydrogens (primary N) is 1. The van der Waals surface area contributed by atoms with E-state index in [9.17, 15) is 18.4 Å². The first-order valence-corrected chi connectivity index (χ1v) is 6.00. The van der Waals surface area contributed by atoms with Crippen LogP contribution in [0.4, 0.5) is 8.78 Å². The lowest BCUT2D eigenvalue weighted by Crippen LogP contribution is -2.44. The van der Waals surface area contributed by atoms with E-state index in [1.165, 1.54) is 0 Å². The normalized spacial score (nSPS) is 11.6. The van der Waals surface area contributed by atoms with Gasteiger partial charge in [0.15, 0.2) is 0 Å². The van der Waals surface area contributed by atoms with Crippen LogP contribution in [0.3, 0.4) is 0 Å². The van der Waals surface area contributed by atoms with Gasteiger partial charge in [-0.05, 0) is 32.4 Å². The molecule has 0 aliphatic heterocycles. The molecular formula is C14H16F2N2O2. The maximum atomic E-state index is 13.4.